The highest BCUT2D eigenvalue weighted by molar-refractivity contribution is 5.87. The largest absolute Gasteiger partial charge is 0.380 e. The molecular formula is C11H19NO3. The van der Waals surface area contributed by atoms with Crippen molar-refractivity contribution in [1.29, 1.82) is 0 Å². The molecule has 1 saturated heterocycles. The van der Waals surface area contributed by atoms with E-state index >= 15 is 0 Å². The first-order valence-electron chi connectivity index (χ1n) is 5.79. The number of ether oxygens (including phenoxy) is 1. The molecule has 0 aromatic heterocycles. The van der Waals surface area contributed by atoms with Gasteiger partial charge in [-0.15, -0.1) is 0 Å². The van der Waals surface area contributed by atoms with Gasteiger partial charge in [-0.05, 0) is 32.6 Å². The van der Waals surface area contributed by atoms with Crippen LogP contribution in [-0.2, 0) is 9.53 Å². The van der Waals surface area contributed by atoms with Crippen molar-refractivity contribution in [2.75, 3.05) is 19.7 Å². The molecule has 0 atom stereocenters. The maximum Gasteiger partial charge on any atom is 0.254 e. The van der Waals surface area contributed by atoms with Gasteiger partial charge in [0.05, 0.1) is 6.10 Å². The van der Waals surface area contributed by atoms with E-state index in [2.05, 4.69) is 0 Å². The third-order valence-electron chi connectivity index (χ3n) is 3.25. The molecule has 4 nitrogen and oxygen atoms in total. The van der Waals surface area contributed by atoms with Crippen molar-refractivity contribution >= 4 is 5.91 Å². The molecule has 1 heterocycles. The van der Waals surface area contributed by atoms with Gasteiger partial charge >= 0.3 is 0 Å². The second kappa shape index (κ2) is 4.10. The number of aliphatic hydroxyl groups is 1. The lowest BCUT2D eigenvalue weighted by Gasteiger charge is -2.33. The molecule has 4 heteroatoms. The van der Waals surface area contributed by atoms with Crippen LogP contribution in [-0.4, -0.2) is 47.3 Å². The number of carbonyl (C=O) groups is 1. The fraction of sp³-hybridized carbons (Fsp3) is 0.909. The van der Waals surface area contributed by atoms with E-state index in [-0.39, 0.29) is 5.91 Å². The number of amides is 1. The highest BCUT2D eigenvalue weighted by Gasteiger charge is 2.50. The monoisotopic (exact) mass is 213 g/mol. The quantitative estimate of drug-likeness (QED) is 0.744. The first kappa shape index (κ1) is 10.9. The molecule has 0 radical (unpaired) electrons. The Labute approximate surface area is 90.2 Å². The summed E-state index contributed by atoms with van der Waals surface area (Å²) < 4.78 is 5.51. The van der Waals surface area contributed by atoms with Crippen LogP contribution in [0.15, 0.2) is 0 Å². The maximum atomic E-state index is 11.8. The van der Waals surface area contributed by atoms with Crippen LogP contribution in [0.25, 0.3) is 0 Å². The zero-order valence-corrected chi connectivity index (χ0v) is 9.24. The van der Waals surface area contributed by atoms with Gasteiger partial charge in [0.2, 0.25) is 0 Å². The van der Waals surface area contributed by atoms with E-state index in [1.54, 1.807) is 4.90 Å². The Kier molecular flexibility index (Phi) is 2.98. The Hall–Kier alpha value is -0.610. The zero-order valence-electron chi connectivity index (χ0n) is 9.24. The Bertz CT molecular complexity index is 242. The van der Waals surface area contributed by atoms with Gasteiger partial charge in [0.1, 0.15) is 5.60 Å². The van der Waals surface area contributed by atoms with E-state index in [4.69, 9.17) is 4.74 Å². The fourth-order valence-electron chi connectivity index (χ4n) is 2.09. The Morgan fingerprint density at radius 3 is 2.53 bits per heavy atom. The van der Waals surface area contributed by atoms with Crippen molar-refractivity contribution in [2.45, 2.75) is 44.3 Å². The number of rotatable bonds is 3. The van der Waals surface area contributed by atoms with Gasteiger partial charge in [-0.1, -0.05) is 0 Å². The molecule has 1 amide bonds. The topological polar surface area (TPSA) is 49.8 Å². The van der Waals surface area contributed by atoms with E-state index in [0.29, 0.717) is 18.9 Å². The second-order valence-corrected chi connectivity index (χ2v) is 4.48. The van der Waals surface area contributed by atoms with E-state index in [9.17, 15) is 9.90 Å². The molecule has 1 N–H and O–H groups in total. The predicted molar refractivity (Wildman–Crippen MR) is 55.4 cm³/mol. The normalized spacial score (nSPS) is 25.3. The van der Waals surface area contributed by atoms with Gasteiger partial charge in [-0.2, -0.15) is 0 Å². The van der Waals surface area contributed by atoms with Crippen LogP contribution in [0.3, 0.4) is 0 Å². The second-order valence-electron chi connectivity index (χ2n) is 4.48. The van der Waals surface area contributed by atoms with Crippen LogP contribution in [0.1, 0.15) is 32.6 Å². The molecule has 0 aromatic rings. The van der Waals surface area contributed by atoms with Crippen LogP contribution in [0.4, 0.5) is 0 Å². The lowest BCUT2D eigenvalue weighted by Crippen LogP contribution is -2.46. The van der Waals surface area contributed by atoms with Crippen molar-refractivity contribution in [1.82, 2.24) is 4.90 Å². The smallest absolute Gasteiger partial charge is 0.254 e. The molecule has 1 aliphatic carbocycles. The summed E-state index contributed by atoms with van der Waals surface area (Å²) in [6, 6.07) is 0. The summed E-state index contributed by atoms with van der Waals surface area (Å²) in [7, 11) is 0. The van der Waals surface area contributed by atoms with E-state index < -0.39 is 5.60 Å². The lowest BCUT2D eigenvalue weighted by atomic mass is 10.1. The number of piperidine rings is 1. The van der Waals surface area contributed by atoms with Gasteiger partial charge in [0, 0.05) is 19.7 Å². The minimum Gasteiger partial charge on any atom is -0.380 e. The average Bonchev–Trinajstić information content (AvgIpc) is 2.99. The zero-order chi connectivity index (χ0) is 10.9. The highest BCUT2D eigenvalue weighted by Crippen LogP contribution is 2.37. The number of hydrogen-bond acceptors (Lipinski definition) is 3. The Morgan fingerprint density at radius 1 is 1.47 bits per heavy atom. The van der Waals surface area contributed by atoms with E-state index in [1.165, 1.54) is 0 Å². The number of nitrogens with zero attached hydrogens (tertiary/aromatic N) is 1. The average molecular weight is 213 g/mol. The van der Waals surface area contributed by atoms with Crippen LogP contribution in [0.5, 0.6) is 0 Å². The molecule has 2 rings (SSSR count). The summed E-state index contributed by atoms with van der Waals surface area (Å²) in [5.41, 5.74) is -1.00. The molecule has 0 aromatic carbocycles. The molecule has 0 spiro atoms. The summed E-state index contributed by atoms with van der Waals surface area (Å²) in [5, 5.41) is 9.70. The van der Waals surface area contributed by atoms with Crippen LogP contribution in [0, 0.1) is 0 Å². The molecular weight excluding hydrogens is 194 g/mol. The van der Waals surface area contributed by atoms with Crippen molar-refractivity contribution < 1.29 is 14.6 Å². The summed E-state index contributed by atoms with van der Waals surface area (Å²) in [6.07, 6.45) is 3.37. The molecule has 2 fully saturated rings. The third-order valence-corrected chi connectivity index (χ3v) is 3.25. The molecule has 15 heavy (non-hydrogen) atoms. The van der Waals surface area contributed by atoms with Crippen molar-refractivity contribution in [3.8, 4) is 0 Å². The number of likely N-dealkylation sites (tertiary alicyclic amines) is 1. The molecule has 2 aliphatic rings. The fourth-order valence-corrected chi connectivity index (χ4v) is 2.09. The van der Waals surface area contributed by atoms with Crippen molar-refractivity contribution in [3.05, 3.63) is 0 Å². The Balaban J connectivity index is 1.80. The first-order valence-corrected chi connectivity index (χ1v) is 5.79. The summed E-state index contributed by atoms with van der Waals surface area (Å²) in [6.45, 7) is 4.19. The van der Waals surface area contributed by atoms with Gasteiger partial charge in [0.15, 0.2) is 0 Å². The predicted octanol–water partition coefficient (Wildman–Crippen LogP) is 0.539. The third kappa shape index (κ3) is 2.32. The molecule has 0 bridgehead atoms. The molecule has 0 unspecified atom stereocenters. The van der Waals surface area contributed by atoms with Gasteiger partial charge < -0.3 is 14.7 Å². The summed E-state index contributed by atoms with van der Waals surface area (Å²) in [4.78, 5) is 13.6. The SMILES string of the molecule is CCOC1CCN(C(=O)C2(O)CC2)CC1. The summed E-state index contributed by atoms with van der Waals surface area (Å²) in [5.74, 6) is -0.0718. The van der Waals surface area contributed by atoms with Gasteiger partial charge in [-0.25, -0.2) is 0 Å². The highest BCUT2D eigenvalue weighted by atomic mass is 16.5. The lowest BCUT2D eigenvalue weighted by molar-refractivity contribution is -0.145. The van der Waals surface area contributed by atoms with Gasteiger partial charge in [0.25, 0.3) is 5.91 Å². The molecule has 1 aliphatic heterocycles. The maximum absolute atomic E-state index is 11.8. The minimum absolute atomic E-state index is 0.0718. The van der Waals surface area contributed by atoms with Crippen molar-refractivity contribution in [3.63, 3.8) is 0 Å². The standard InChI is InChI=1S/C11H19NO3/c1-2-15-9-3-7-12(8-4-9)10(13)11(14)5-6-11/h9,14H,2-8H2,1H3. The van der Waals surface area contributed by atoms with Crippen molar-refractivity contribution in [2.24, 2.45) is 0 Å². The van der Waals surface area contributed by atoms with Gasteiger partial charge in [-0.3, -0.25) is 4.79 Å². The number of carbonyl (C=O) groups excluding carboxylic acids is 1. The van der Waals surface area contributed by atoms with Crippen LogP contribution < -0.4 is 0 Å². The van der Waals surface area contributed by atoms with E-state index in [1.807, 2.05) is 6.92 Å². The van der Waals surface area contributed by atoms with E-state index in [0.717, 1.165) is 32.5 Å². The summed E-state index contributed by atoms with van der Waals surface area (Å²) >= 11 is 0. The van der Waals surface area contributed by atoms with Crippen LogP contribution in [0.2, 0.25) is 0 Å². The first-order chi connectivity index (χ1) is 7.15. The number of hydrogen-bond donors (Lipinski definition) is 1. The Morgan fingerprint density at radius 2 is 2.07 bits per heavy atom. The molecule has 1 saturated carbocycles. The minimum atomic E-state index is -1.00. The van der Waals surface area contributed by atoms with Crippen LogP contribution >= 0.6 is 0 Å². The molecule has 86 valence electrons.